The van der Waals surface area contributed by atoms with Crippen molar-refractivity contribution in [1.29, 1.82) is 0 Å². The van der Waals surface area contributed by atoms with Crippen LogP contribution in [0.25, 0.3) is 0 Å². The van der Waals surface area contributed by atoms with Crippen molar-refractivity contribution in [2.24, 2.45) is 4.99 Å². The summed E-state index contributed by atoms with van der Waals surface area (Å²) in [7, 11) is 1.62. The van der Waals surface area contributed by atoms with Crippen LogP contribution in [0.2, 0.25) is 0 Å². The molecule has 0 radical (unpaired) electrons. The zero-order valence-corrected chi connectivity index (χ0v) is 13.2. The molecule has 0 bridgehead atoms. The molecule has 1 saturated heterocycles. The number of imidazole rings is 1. The summed E-state index contributed by atoms with van der Waals surface area (Å²) in [5.74, 6) is 1.90. The van der Waals surface area contributed by atoms with E-state index >= 15 is 0 Å². The van der Waals surface area contributed by atoms with E-state index in [4.69, 9.17) is 9.47 Å². The number of fused-ring (bicyclic) bond motifs is 2. The van der Waals surface area contributed by atoms with Gasteiger partial charge in [0.25, 0.3) is 0 Å². The molecular formula is C16H17N5O3. The number of carbonyl (C=O) groups is 1. The lowest BCUT2D eigenvalue weighted by atomic mass is 10.1. The lowest BCUT2D eigenvalue weighted by Gasteiger charge is -2.25. The minimum absolute atomic E-state index is 0.0441. The maximum Gasteiger partial charge on any atom is 0.246 e. The van der Waals surface area contributed by atoms with Gasteiger partial charge < -0.3 is 18.9 Å². The minimum Gasteiger partial charge on any atom is -0.492 e. The number of nitrogens with zero attached hydrogens (tertiary/aromatic N) is 4. The highest BCUT2D eigenvalue weighted by Gasteiger charge is 2.31. The third-order valence-corrected chi connectivity index (χ3v) is 4.03. The van der Waals surface area contributed by atoms with Crippen LogP contribution in [0, 0.1) is 0 Å². The van der Waals surface area contributed by atoms with E-state index < -0.39 is 0 Å². The molecule has 2 aliphatic heterocycles. The number of benzene rings is 1. The lowest BCUT2D eigenvalue weighted by molar-refractivity contribution is -0.118. The van der Waals surface area contributed by atoms with Crippen molar-refractivity contribution in [3.05, 3.63) is 36.4 Å². The van der Waals surface area contributed by atoms with E-state index in [0.717, 1.165) is 11.3 Å². The van der Waals surface area contributed by atoms with Gasteiger partial charge in [-0.2, -0.15) is 0 Å². The zero-order valence-electron chi connectivity index (χ0n) is 13.2. The molecule has 1 amide bonds. The molecule has 1 aromatic heterocycles. The fourth-order valence-corrected chi connectivity index (χ4v) is 2.90. The molecule has 8 heteroatoms. The molecule has 1 aromatic carbocycles. The topological polar surface area (TPSA) is 81.0 Å². The van der Waals surface area contributed by atoms with Crippen molar-refractivity contribution in [1.82, 2.24) is 19.8 Å². The normalized spacial score (nSPS) is 15.5. The van der Waals surface area contributed by atoms with Gasteiger partial charge in [0, 0.05) is 18.0 Å². The maximum absolute atomic E-state index is 11.5. The average molecular weight is 327 g/mol. The predicted octanol–water partition coefficient (Wildman–Crippen LogP) is 0.904. The van der Waals surface area contributed by atoms with Crippen molar-refractivity contribution in [2.45, 2.75) is 13.1 Å². The molecule has 24 heavy (non-hydrogen) atoms. The Morgan fingerprint density at radius 2 is 2.25 bits per heavy atom. The van der Waals surface area contributed by atoms with Crippen molar-refractivity contribution in [3.8, 4) is 11.5 Å². The number of methoxy groups -OCH3 is 1. The summed E-state index contributed by atoms with van der Waals surface area (Å²) in [6, 6.07) is 3.74. The molecule has 124 valence electrons. The van der Waals surface area contributed by atoms with Crippen molar-refractivity contribution in [2.75, 3.05) is 20.3 Å². The summed E-state index contributed by atoms with van der Waals surface area (Å²) in [6.07, 6.45) is 5.38. The van der Waals surface area contributed by atoms with E-state index in [9.17, 15) is 4.79 Å². The molecule has 3 heterocycles. The minimum atomic E-state index is -0.0441. The monoisotopic (exact) mass is 327 g/mol. The van der Waals surface area contributed by atoms with E-state index in [1.54, 1.807) is 19.6 Å². The number of amides is 1. The molecule has 0 aliphatic carbocycles. The second kappa shape index (κ2) is 5.88. The van der Waals surface area contributed by atoms with Gasteiger partial charge in [-0.25, -0.2) is 9.98 Å². The quantitative estimate of drug-likeness (QED) is 0.882. The van der Waals surface area contributed by atoms with Gasteiger partial charge >= 0.3 is 0 Å². The van der Waals surface area contributed by atoms with Gasteiger partial charge in [0.05, 0.1) is 32.2 Å². The predicted molar refractivity (Wildman–Crippen MR) is 86.4 cm³/mol. The Kier molecular flexibility index (Phi) is 3.56. The highest BCUT2D eigenvalue weighted by atomic mass is 16.5. The van der Waals surface area contributed by atoms with Gasteiger partial charge in [-0.15, -0.1) is 0 Å². The first-order valence-electron chi connectivity index (χ1n) is 7.66. The Morgan fingerprint density at radius 1 is 1.33 bits per heavy atom. The first-order chi connectivity index (χ1) is 11.7. The largest absolute Gasteiger partial charge is 0.492 e. The Balaban J connectivity index is 1.55. The van der Waals surface area contributed by atoms with Crippen LogP contribution in [0.3, 0.4) is 0 Å². The third-order valence-electron chi connectivity index (χ3n) is 4.03. The number of ether oxygens (including phenoxy) is 2. The average Bonchev–Trinajstić information content (AvgIpc) is 3.20. The highest BCUT2D eigenvalue weighted by Crippen LogP contribution is 2.40. The lowest BCUT2D eigenvalue weighted by Crippen LogP contribution is -2.32. The molecule has 0 unspecified atom stereocenters. The number of hydrogen-bond donors (Lipinski definition) is 1. The van der Waals surface area contributed by atoms with E-state index in [-0.39, 0.29) is 5.91 Å². The molecule has 0 atom stereocenters. The van der Waals surface area contributed by atoms with Crippen LogP contribution >= 0.6 is 0 Å². The Labute approximate surface area is 138 Å². The van der Waals surface area contributed by atoms with Crippen molar-refractivity contribution < 1.29 is 14.3 Å². The number of rotatable bonds is 5. The van der Waals surface area contributed by atoms with Crippen LogP contribution in [0.5, 0.6) is 11.5 Å². The molecule has 4 rings (SSSR count). The molecule has 2 aromatic rings. The number of carbonyl (C=O) groups excluding carboxylic acids is 1. The van der Waals surface area contributed by atoms with Crippen molar-refractivity contribution in [3.63, 3.8) is 0 Å². The zero-order chi connectivity index (χ0) is 16.5. The number of hydrogen-bond acceptors (Lipinski definition) is 6. The maximum atomic E-state index is 11.5. The number of aromatic nitrogens is 2. The van der Waals surface area contributed by atoms with Gasteiger partial charge in [-0.05, 0) is 12.1 Å². The summed E-state index contributed by atoms with van der Waals surface area (Å²) in [5.41, 5.74) is 1.72. The second-order valence-electron chi connectivity index (χ2n) is 5.58. The summed E-state index contributed by atoms with van der Waals surface area (Å²) in [6.45, 7) is 2.08. The number of guanidine groups is 1. The summed E-state index contributed by atoms with van der Waals surface area (Å²) in [5, 5.41) is 2.75. The summed E-state index contributed by atoms with van der Waals surface area (Å²) >= 11 is 0. The van der Waals surface area contributed by atoms with Crippen LogP contribution in [0.4, 0.5) is 5.69 Å². The molecule has 1 N–H and O–H groups in total. The molecule has 2 aliphatic rings. The van der Waals surface area contributed by atoms with Crippen LogP contribution < -0.4 is 14.8 Å². The highest BCUT2D eigenvalue weighted by molar-refractivity contribution is 6.06. The van der Waals surface area contributed by atoms with Gasteiger partial charge in [0.1, 0.15) is 13.2 Å². The van der Waals surface area contributed by atoms with Crippen LogP contribution in [0.15, 0.2) is 35.8 Å². The fraction of sp³-hybridized carbons (Fsp3) is 0.312. The summed E-state index contributed by atoms with van der Waals surface area (Å²) in [4.78, 5) is 21.9. The standard InChI is InChI=1S/C16H17N5O3/c1-23-15-11-8-21-9-14(22)19-16(21)18-12(11)2-3-13(15)24-7-6-20-5-4-17-10-20/h2-5,10H,6-9H2,1H3,(H,18,19,22). The summed E-state index contributed by atoms with van der Waals surface area (Å²) < 4.78 is 13.4. The molecule has 8 nitrogen and oxygen atoms in total. The molecule has 0 saturated carbocycles. The van der Waals surface area contributed by atoms with Crippen LogP contribution in [0.1, 0.15) is 5.56 Å². The van der Waals surface area contributed by atoms with E-state index in [1.807, 2.05) is 27.8 Å². The van der Waals surface area contributed by atoms with E-state index in [2.05, 4.69) is 15.3 Å². The Morgan fingerprint density at radius 3 is 3.04 bits per heavy atom. The molecular weight excluding hydrogens is 310 g/mol. The van der Waals surface area contributed by atoms with Gasteiger partial charge in [0.15, 0.2) is 11.5 Å². The first kappa shape index (κ1) is 14.6. The number of aliphatic imine (C=N–C) groups is 1. The van der Waals surface area contributed by atoms with Crippen LogP contribution in [-0.4, -0.2) is 46.6 Å². The fourth-order valence-electron chi connectivity index (χ4n) is 2.90. The SMILES string of the molecule is COc1c(OCCn2ccnc2)ccc2c1CN1CC(=O)NC1=N2. The van der Waals surface area contributed by atoms with Gasteiger partial charge in [-0.1, -0.05) is 0 Å². The number of nitrogens with one attached hydrogen (secondary N) is 1. The molecule has 1 fully saturated rings. The Hall–Kier alpha value is -3.03. The molecule has 0 spiro atoms. The smallest absolute Gasteiger partial charge is 0.246 e. The van der Waals surface area contributed by atoms with E-state index in [0.29, 0.717) is 43.7 Å². The Bertz CT molecular complexity index is 800. The van der Waals surface area contributed by atoms with E-state index in [1.165, 1.54) is 0 Å². The van der Waals surface area contributed by atoms with Gasteiger partial charge in [0.2, 0.25) is 11.9 Å². The first-order valence-corrected chi connectivity index (χ1v) is 7.66. The van der Waals surface area contributed by atoms with Crippen LogP contribution in [-0.2, 0) is 17.9 Å². The van der Waals surface area contributed by atoms with Gasteiger partial charge in [-0.3, -0.25) is 10.1 Å². The third kappa shape index (κ3) is 2.55. The van der Waals surface area contributed by atoms with Crippen molar-refractivity contribution >= 4 is 17.6 Å². The second-order valence-corrected chi connectivity index (χ2v) is 5.58.